The number of carbonyl (C=O) groups is 1. The van der Waals surface area contributed by atoms with Crippen LogP contribution in [-0.2, 0) is 17.6 Å². The van der Waals surface area contributed by atoms with Gasteiger partial charge in [-0.3, -0.25) is 4.90 Å². The number of rotatable bonds is 4. The van der Waals surface area contributed by atoms with Crippen LogP contribution in [0.5, 0.6) is 0 Å². The lowest BCUT2D eigenvalue weighted by atomic mass is 9.99. The van der Waals surface area contributed by atoms with E-state index in [1.165, 1.54) is 0 Å². The molecular weight excluding hydrogens is 290 g/mol. The van der Waals surface area contributed by atoms with E-state index in [9.17, 15) is 9.90 Å². The van der Waals surface area contributed by atoms with Crippen molar-refractivity contribution in [3.63, 3.8) is 0 Å². The Hall–Kier alpha value is -2.33. The van der Waals surface area contributed by atoms with Crippen LogP contribution < -0.4 is 0 Å². The summed E-state index contributed by atoms with van der Waals surface area (Å²) in [4.78, 5) is 13.4. The number of morpholine rings is 1. The van der Waals surface area contributed by atoms with Crippen molar-refractivity contribution in [2.45, 2.75) is 24.9 Å². The molecule has 2 aromatic carbocycles. The molecule has 120 valence electrons. The van der Waals surface area contributed by atoms with Gasteiger partial charge in [0.1, 0.15) is 0 Å². The van der Waals surface area contributed by atoms with E-state index in [1.54, 1.807) is 4.90 Å². The lowest BCUT2D eigenvalue weighted by molar-refractivity contribution is -0.0369. The molecule has 0 saturated carbocycles. The van der Waals surface area contributed by atoms with Gasteiger partial charge in [-0.25, -0.2) is 4.79 Å². The molecular formula is C19H21NO3. The molecule has 2 unspecified atom stereocenters. The quantitative estimate of drug-likeness (QED) is 0.943. The highest BCUT2D eigenvalue weighted by Crippen LogP contribution is 2.21. The average molecular weight is 311 g/mol. The molecule has 1 N–H and O–H groups in total. The zero-order valence-electron chi connectivity index (χ0n) is 13.0. The van der Waals surface area contributed by atoms with Crippen LogP contribution in [0.1, 0.15) is 11.1 Å². The SMILES string of the molecule is O=C(O)N1C(Cc2ccccc2)COCC1Cc1ccccc1. The molecule has 1 heterocycles. The highest BCUT2D eigenvalue weighted by atomic mass is 16.5. The lowest BCUT2D eigenvalue weighted by Crippen LogP contribution is -2.56. The fraction of sp³-hybridized carbons (Fsp3) is 0.316. The Bertz CT molecular complexity index is 580. The number of carboxylic acid groups (broad SMARTS) is 1. The molecule has 2 atom stereocenters. The number of nitrogens with zero attached hydrogens (tertiary/aromatic N) is 1. The van der Waals surface area contributed by atoms with Crippen molar-refractivity contribution < 1.29 is 14.6 Å². The first-order valence-electron chi connectivity index (χ1n) is 7.91. The fourth-order valence-corrected chi connectivity index (χ4v) is 3.20. The van der Waals surface area contributed by atoms with Crippen LogP contribution in [0.4, 0.5) is 4.79 Å². The minimum atomic E-state index is -0.866. The average Bonchev–Trinajstić information content (AvgIpc) is 2.56. The minimum Gasteiger partial charge on any atom is -0.465 e. The fourth-order valence-electron chi connectivity index (χ4n) is 3.20. The summed E-state index contributed by atoms with van der Waals surface area (Å²) in [6.45, 7) is 0.902. The van der Waals surface area contributed by atoms with Crippen molar-refractivity contribution in [1.29, 1.82) is 0 Å². The third kappa shape index (κ3) is 3.90. The van der Waals surface area contributed by atoms with Gasteiger partial charge >= 0.3 is 6.09 Å². The van der Waals surface area contributed by atoms with Crippen molar-refractivity contribution >= 4 is 6.09 Å². The largest absolute Gasteiger partial charge is 0.465 e. The van der Waals surface area contributed by atoms with Gasteiger partial charge in [-0.1, -0.05) is 60.7 Å². The predicted octanol–water partition coefficient (Wildman–Crippen LogP) is 3.22. The Labute approximate surface area is 136 Å². The summed E-state index contributed by atoms with van der Waals surface area (Å²) in [7, 11) is 0. The van der Waals surface area contributed by atoms with Gasteiger partial charge in [0.15, 0.2) is 0 Å². The first-order valence-corrected chi connectivity index (χ1v) is 7.91. The van der Waals surface area contributed by atoms with Gasteiger partial charge in [0.2, 0.25) is 0 Å². The summed E-state index contributed by atoms with van der Waals surface area (Å²) in [6, 6.07) is 19.7. The summed E-state index contributed by atoms with van der Waals surface area (Å²) >= 11 is 0. The summed E-state index contributed by atoms with van der Waals surface area (Å²) in [6.07, 6.45) is 0.492. The molecule has 2 aromatic rings. The van der Waals surface area contributed by atoms with Crippen molar-refractivity contribution in [2.24, 2.45) is 0 Å². The Balaban J connectivity index is 1.76. The van der Waals surface area contributed by atoms with Gasteiger partial charge in [0.05, 0.1) is 25.3 Å². The van der Waals surface area contributed by atoms with Crippen molar-refractivity contribution in [3.8, 4) is 0 Å². The van der Waals surface area contributed by atoms with Gasteiger partial charge in [0, 0.05) is 0 Å². The van der Waals surface area contributed by atoms with Crippen LogP contribution in [-0.4, -0.2) is 41.4 Å². The molecule has 1 aliphatic heterocycles. The van der Waals surface area contributed by atoms with E-state index < -0.39 is 6.09 Å². The Morgan fingerprint density at radius 3 is 1.74 bits per heavy atom. The van der Waals surface area contributed by atoms with E-state index in [4.69, 9.17) is 4.74 Å². The molecule has 4 nitrogen and oxygen atoms in total. The maximum absolute atomic E-state index is 11.8. The molecule has 1 amide bonds. The van der Waals surface area contributed by atoms with Crippen LogP contribution in [0.3, 0.4) is 0 Å². The van der Waals surface area contributed by atoms with E-state index >= 15 is 0 Å². The number of ether oxygens (including phenoxy) is 1. The van der Waals surface area contributed by atoms with E-state index in [2.05, 4.69) is 0 Å². The molecule has 0 aliphatic carbocycles. The third-order valence-corrected chi connectivity index (χ3v) is 4.26. The second kappa shape index (κ2) is 7.29. The summed E-state index contributed by atoms with van der Waals surface area (Å²) in [5.41, 5.74) is 2.26. The molecule has 4 heteroatoms. The zero-order chi connectivity index (χ0) is 16.1. The van der Waals surface area contributed by atoms with Gasteiger partial charge in [0.25, 0.3) is 0 Å². The monoisotopic (exact) mass is 311 g/mol. The molecule has 1 aliphatic rings. The van der Waals surface area contributed by atoms with Crippen LogP contribution in [0, 0.1) is 0 Å². The van der Waals surface area contributed by atoms with Crippen LogP contribution in [0.15, 0.2) is 60.7 Å². The molecule has 0 aromatic heterocycles. The molecule has 1 saturated heterocycles. The van der Waals surface area contributed by atoms with Crippen molar-refractivity contribution in [2.75, 3.05) is 13.2 Å². The molecule has 23 heavy (non-hydrogen) atoms. The second-order valence-corrected chi connectivity index (χ2v) is 5.91. The minimum absolute atomic E-state index is 0.141. The summed E-state index contributed by atoms with van der Waals surface area (Å²) < 4.78 is 5.71. The number of hydrogen-bond donors (Lipinski definition) is 1. The van der Waals surface area contributed by atoms with Gasteiger partial charge in [-0.05, 0) is 24.0 Å². The molecule has 0 radical (unpaired) electrons. The number of benzene rings is 2. The van der Waals surface area contributed by atoms with Crippen LogP contribution in [0.25, 0.3) is 0 Å². The first-order chi connectivity index (χ1) is 11.2. The topological polar surface area (TPSA) is 49.8 Å². The van der Waals surface area contributed by atoms with E-state index in [0.29, 0.717) is 26.1 Å². The van der Waals surface area contributed by atoms with Gasteiger partial charge in [-0.2, -0.15) is 0 Å². The van der Waals surface area contributed by atoms with Crippen molar-refractivity contribution in [3.05, 3.63) is 71.8 Å². The first kappa shape index (κ1) is 15.6. The van der Waals surface area contributed by atoms with Crippen LogP contribution in [0.2, 0.25) is 0 Å². The smallest absolute Gasteiger partial charge is 0.407 e. The van der Waals surface area contributed by atoms with Gasteiger partial charge < -0.3 is 9.84 Å². The maximum Gasteiger partial charge on any atom is 0.407 e. The number of hydrogen-bond acceptors (Lipinski definition) is 2. The van der Waals surface area contributed by atoms with Crippen molar-refractivity contribution in [1.82, 2.24) is 4.90 Å². The van der Waals surface area contributed by atoms with E-state index in [0.717, 1.165) is 11.1 Å². The Morgan fingerprint density at radius 1 is 0.913 bits per heavy atom. The summed E-state index contributed by atoms with van der Waals surface area (Å²) in [5, 5.41) is 9.71. The lowest BCUT2D eigenvalue weighted by Gasteiger charge is -2.40. The second-order valence-electron chi connectivity index (χ2n) is 5.91. The highest BCUT2D eigenvalue weighted by molar-refractivity contribution is 5.66. The van der Waals surface area contributed by atoms with Crippen LogP contribution >= 0.6 is 0 Å². The molecule has 0 bridgehead atoms. The zero-order valence-corrected chi connectivity index (χ0v) is 13.0. The third-order valence-electron chi connectivity index (χ3n) is 4.26. The maximum atomic E-state index is 11.8. The predicted molar refractivity (Wildman–Crippen MR) is 88.6 cm³/mol. The van der Waals surface area contributed by atoms with E-state index in [1.807, 2.05) is 60.7 Å². The normalized spacial score (nSPS) is 21.1. The Morgan fingerprint density at radius 2 is 1.35 bits per heavy atom. The standard InChI is InChI=1S/C19H21NO3/c21-19(22)20-17(11-15-7-3-1-4-8-15)13-23-14-18(20)12-16-9-5-2-6-10-16/h1-10,17-18H,11-14H2,(H,21,22). The summed E-state index contributed by atoms with van der Waals surface area (Å²) in [5.74, 6) is 0. The molecule has 1 fully saturated rings. The Kier molecular flexibility index (Phi) is 4.93. The highest BCUT2D eigenvalue weighted by Gasteiger charge is 2.34. The molecule has 0 spiro atoms. The van der Waals surface area contributed by atoms with E-state index in [-0.39, 0.29) is 12.1 Å². The number of amides is 1. The molecule has 3 rings (SSSR count). The van der Waals surface area contributed by atoms with Gasteiger partial charge in [-0.15, -0.1) is 0 Å².